The molecule has 1 aliphatic heterocycles. The summed E-state index contributed by atoms with van der Waals surface area (Å²) in [7, 11) is 0. The van der Waals surface area contributed by atoms with Gasteiger partial charge in [-0.15, -0.1) is 12.6 Å². The second-order valence-corrected chi connectivity index (χ2v) is 6.96. The molecule has 98 valence electrons. The fourth-order valence-corrected chi connectivity index (χ4v) is 4.78. The molecule has 0 saturated carbocycles. The third-order valence-electron chi connectivity index (χ3n) is 3.87. The number of thiol groups is 1. The van der Waals surface area contributed by atoms with Gasteiger partial charge in [0.05, 0.1) is 0 Å². The highest BCUT2D eigenvalue weighted by Gasteiger charge is 2.25. The van der Waals surface area contributed by atoms with E-state index in [9.17, 15) is 0 Å². The topological polar surface area (TPSA) is 0 Å². The molecule has 1 heterocycles. The summed E-state index contributed by atoms with van der Waals surface area (Å²) in [5, 5.41) is 0. The van der Waals surface area contributed by atoms with Crippen molar-refractivity contribution >= 4 is 24.4 Å². The van der Waals surface area contributed by atoms with E-state index in [1.807, 2.05) is 11.8 Å². The van der Waals surface area contributed by atoms with Gasteiger partial charge >= 0.3 is 0 Å². The third-order valence-corrected chi connectivity index (χ3v) is 5.54. The van der Waals surface area contributed by atoms with Gasteiger partial charge in [-0.2, -0.15) is 0 Å². The number of hydrogen-bond acceptors (Lipinski definition) is 2. The van der Waals surface area contributed by atoms with Crippen molar-refractivity contribution in [3.8, 4) is 0 Å². The average molecular weight is 286 g/mol. The Balaban J connectivity index is 2.19. The molecule has 0 amide bonds. The lowest BCUT2D eigenvalue weighted by molar-refractivity contribution is 0.783. The summed E-state index contributed by atoms with van der Waals surface area (Å²) in [6.07, 6.45) is 0. The maximum atomic E-state index is 4.83. The van der Waals surface area contributed by atoms with Gasteiger partial charge in [0.25, 0.3) is 0 Å². The molecule has 0 saturated heterocycles. The van der Waals surface area contributed by atoms with Crippen molar-refractivity contribution in [1.29, 1.82) is 0 Å². The maximum Gasteiger partial charge on any atom is 0.0171 e. The third kappa shape index (κ3) is 2.11. The molecule has 19 heavy (non-hydrogen) atoms. The summed E-state index contributed by atoms with van der Waals surface area (Å²) in [4.78, 5) is 3.93. The van der Waals surface area contributed by atoms with Gasteiger partial charge in [-0.3, -0.25) is 0 Å². The van der Waals surface area contributed by atoms with E-state index >= 15 is 0 Å². The summed E-state index contributed by atoms with van der Waals surface area (Å²) in [5.74, 6) is 0.950. The minimum Gasteiger partial charge on any atom is -0.143 e. The molecule has 1 unspecified atom stereocenters. The predicted molar refractivity (Wildman–Crippen MR) is 85.9 cm³/mol. The zero-order chi connectivity index (χ0) is 13.6. The van der Waals surface area contributed by atoms with E-state index in [1.165, 1.54) is 31.4 Å². The maximum absolute atomic E-state index is 4.83. The first-order valence-electron chi connectivity index (χ1n) is 6.72. The first-order valence-corrected chi connectivity index (χ1v) is 7.98. The summed E-state index contributed by atoms with van der Waals surface area (Å²) in [6.45, 7) is 6.76. The van der Waals surface area contributed by atoms with Crippen LogP contribution in [0.25, 0.3) is 0 Å². The second kappa shape index (κ2) is 4.92. The van der Waals surface area contributed by atoms with Crippen molar-refractivity contribution in [1.82, 2.24) is 0 Å². The molecule has 0 aromatic heterocycles. The monoisotopic (exact) mass is 286 g/mol. The fraction of sp³-hybridized carbons (Fsp3) is 0.294. The Kier molecular flexibility index (Phi) is 3.40. The van der Waals surface area contributed by atoms with Gasteiger partial charge in [0, 0.05) is 20.6 Å². The smallest absolute Gasteiger partial charge is 0.0171 e. The standard InChI is InChI=1S/C17H18S2/c1-10(2)12-8-9-15-16(17(12)18)11(3)13-6-4-5-7-14(13)19-15/h4-11,18H,1-3H3. The minimum atomic E-state index is 0.429. The second-order valence-electron chi connectivity index (χ2n) is 5.43. The van der Waals surface area contributed by atoms with Crippen LogP contribution >= 0.6 is 24.4 Å². The van der Waals surface area contributed by atoms with E-state index in [-0.39, 0.29) is 0 Å². The Bertz CT molecular complexity index is 629. The van der Waals surface area contributed by atoms with Gasteiger partial charge in [0.15, 0.2) is 0 Å². The van der Waals surface area contributed by atoms with E-state index in [4.69, 9.17) is 12.6 Å². The van der Waals surface area contributed by atoms with Crippen LogP contribution in [-0.2, 0) is 0 Å². The van der Waals surface area contributed by atoms with Gasteiger partial charge < -0.3 is 0 Å². The number of rotatable bonds is 1. The zero-order valence-electron chi connectivity index (χ0n) is 11.5. The predicted octanol–water partition coefficient (Wildman–Crippen LogP) is 5.72. The lowest BCUT2D eigenvalue weighted by atomic mass is 9.89. The zero-order valence-corrected chi connectivity index (χ0v) is 13.2. The Labute approximate surface area is 125 Å². The van der Waals surface area contributed by atoms with Crippen molar-refractivity contribution < 1.29 is 0 Å². The Morgan fingerprint density at radius 2 is 1.79 bits per heavy atom. The van der Waals surface area contributed by atoms with Crippen LogP contribution in [-0.4, -0.2) is 0 Å². The molecule has 0 fully saturated rings. The van der Waals surface area contributed by atoms with E-state index in [1.54, 1.807) is 0 Å². The van der Waals surface area contributed by atoms with Gasteiger partial charge in [0.1, 0.15) is 0 Å². The van der Waals surface area contributed by atoms with Crippen LogP contribution in [0.2, 0.25) is 0 Å². The van der Waals surface area contributed by atoms with Crippen LogP contribution in [0.4, 0.5) is 0 Å². The van der Waals surface area contributed by atoms with Crippen LogP contribution in [0, 0.1) is 0 Å². The average Bonchev–Trinajstić information content (AvgIpc) is 2.38. The minimum absolute atomic E-state index is 0.429. The van der Waals surface area contributed by atoms with Crippen molar-refractivity contribution in [3.05, 3.63) is 53.1 Å². The summed E-state index contributed by atoms with van der Waals surface area (Å²) >= 11 is 6.70. The van der Waals surface area contributed by atoms with E-state index in [2.05, 4.69) is 57.2 Å². The van der Waals surface area contributed by atoms with Crippen LogP contribution in [0.3, 0.4) is 0 Å². The Hall–Kier alpha value is -0.860. The molecule has 0 aliphatic carbocycles. The first-order chi connectivity index (χ1) is 9.09. The molecule has 0 N–H and O–H groups in total. The molecular weight excluding hydrogens is 268 g/mol. The van der Waals surface area contributed by atoms with E-state index in [0.29, 0.717) is 11.8 Å². The Morgan fingerprint density at radius 3 is 2.53 bits per heavy atom. The van der Waals surface area contributed by atoms with Crippen molar-refractivity contribution in [2.24, 2.45) is 0 Å². The summed E-state index contributed by atoms with van der Waals surface area (Å²) in [6, 6.07) is 13.2. The molecule has 1 aliphatic rings. The van der Waals surface area contributed by atoms with E-state index < -0.39 is 0 Å². The molecule has 2 heteroatoms. The highest BCUT2D eigenvalue weighted by molar-refractivity contribution is 7.99. The lowest BCUT2D eigenvalue weighted by Crippen LogP contribution is -2.08. The largest absolute Gasteiger partial charge is 0.143 e. The Morgan fingerprint density at radius 1 is 1.05 bits per heavy atom. The SMILES string of the molecule is CC(C)c1ccc2c(c1S)C(C)c1ccccc1S2. The van der Waals surface area contributed by atoms with Crippen LogP contribution in [0.1, 0.15) is 49.3 Å². The molecule has 1 atom stereocenters. The molecule has 3 rings (SSSR count). The normalized spacial score (nSPS) is 17.2. The van der Waals surface area contributed by atoms with Crippen molar-refractivity contribution in [2.45, 2.75) is 47.3 Å². The molecule has 2 aromatic carbocycles. The van der Waals surface area contributed by atoms with Gasteiger partial charge in [-0.1, -0.05) is 56.8 Å². The van der Waals surface area contributed by atoms with Gasteiger partial charge in [0.2, 0.25) is 0 Å². The van der Waals surface area contributed by atoms with Crippen molar-refractivity contribution in [2.75, 3.05) is 0 Å². The molecule has 0 bridgehead atoms. The quantitative estimate of drug-likeness (QED) is 0.655. The molecule has 0 spiro atoms. The van der Waals surface area contributed by atoms with Gasteiger partial charge in [-0.25, -0.2) is 0 Å². The molecule has 2 aromatic rings. The van der Waals surface area contributed by atoms with Crippen molar-refractivity contribution in [3.63, 3.8) is 0 Å². The van der Waals surface area contributed by atoms with Crippen LogP contribution in [0.5, 0.6) is 0 Å². The molecule has 0 radical (unpaired) electrons. The first kappa shape index (κ1) is 13.1. The molecule has 0 nitrogen and oxygen atoms in total. The van der Waals surface area contributed by atoms with E-state index in [0.717, 1.165) is 0 Å². The fourth-order valence-electron chi connectivity index (χ4n) is 2.78. The summed E-state index contributed by atoms with van der Waals surface area (Å²) < 4.78 is 0. The number of benzene rings is 2. The highest BCUT2D eigenvalue weighted by atomic mass is 32.2. The molecular formula is C17H18S2. The number of fused-ring (bicyclic) bond motifs is 2. The van der Waals surface area contributed by atoms with Gasteiger partial charge in [-0.05, 0) is 34.7 Å². The number of hydrogen-bond donors (Lipinski definition) is 1. The highest BCUT2D eigenvalue weighted by Crippen LogP contribution is 2.48. The van der Waals surface area contributed by atoms with Crippen LogP contribution < -0.4 is 0 Å². The lowest BCUT2D eigenvalue weighted by Gasteiger charge is -2.28. The summed E-state index contributed by atoms with van der Waals surface area (Å²) in [5.41, 5.74) is 4.18. The van der Waals surface area contributed by atoms with Crippen LogP contribution in [0.15, 0.2) is 51.1 Å².